The van der Waals surface area contributed by atoms with E-state index in [-0.39, 0.29) is 16.8 Å². The van der Waals surface area contributed by atoms with Gasteiger partial charge in [-0.2, -0.15) is 0 Å². The Morgan fingerprint density at radius 1 is 1.27 bits per heavy atom. The highest BCUT2D eigenvalue weighted by atomic mass is 35.5. The summed E-state index contributed by atoms with van der Waals surface area (Å²) in [5.41, 5.74) is 0.861. The topological polar surface area (TPSA) is 79.2 Å². The van der Waals surface area contributed by atoms with E-state index in [0.29, 0.717) is 27.3 Å². The standard InChI is InChI=1S/C17H18Cl2N4O2S/c1-17(2,3)13-7-14(23-25-13)22-15(24)12-8-26-16(21-12)20-9-4-5-10(18)11(19)6-9/h4-8,16,20-21H,1-3H3,(H,22,23,24). The van der Waals surface area contributed by atoms with Crippen LogP contribution in [0.5, 0.6) is 0 Å². The summed E-state index contributed by atoms with van der Waals surface area (Å²) in [6.07, 6.45) is 0. The number of thioether (sulfide) groups is 1. The van der Waals surface area contributed by atoms with Crippen LogP contribution < -0.4 is 16.0 Å². The Labute approximate surface area is 165 Å². The number of anilines is 2. The molecule has 2 aromatic rings. The average molecular weight is 413 g/mol. The van der Waals surface area contributed by atoms with Crippen molar-refractivity contribution in [2.45, 2.75) is 31.7 Å². The molecule has 138 valence electrons. The number of amides is 1. The molecule has 1 atom stereocenters. The molecule has 0 radical (unpaired) electrons. The predicted octanol–water partition coefficient (Wildman–Crippen LogP) is 4.79. The summed E-state index contributed by atoms with van der Waals surface area (Å²) in [6, 6.07) is 6.99. The van der Waals surface area contributed by atoms with Gasteiger partial charge < -0.3 is 20.5 Å². The van der Waals surface area contributed by atoms with Gasteiger partial charge in [0.2, 0.25) is 0 Å². The Kier molecular flexibility index (Phi) is 5.41. The highest BCUT2D eigenvalue weighted by molar-refractivity contribution is 8.03. The van der Waals surface area contributed by atoms with E-state index in [9.17, 15) is 4.79 Å². The first kappa shape index (κ1) is 18.9. The van der Waals surface area contributed by atoms with Crippen molar-refractivity contribution in [2.24, 2.45) is 0 Å². The number of nitrogens with one attached hydrogen (secondary N) is 3. The Bertz CT molecular complexity index is 861. The van der Waals surface area contributed by atoms with Crippen LogP contribution >= 0.6 is 35.0 Å². The summed E-state index contributed by atoms with van der Waals surface area (Å²) >= 11 is 13.4. The van der Waals surface area contributed by atoms with Crippen molar-refractivity contribution in [1.82, 2.24) is 10.5 Å². The number of aromatic nitrogens is 1. The summed E-state index contributed by atoms with van der Waals surface area (Å²) in [7, 11) is 0. The van der Waals surface area contributed by atoms with E-state index < -0.39 is 0 Å². The van der Waals surface area contributed by atoms with Crippen molar-refractivity contribution >= 4 is 52.4 Å². The minimum Gasteiger partial charge on any atom is -0.359 e. The number of benzene rings is 1. The minimum atomic E-state index is -0.287. The van der Waals surface area contributed by atoms with E-state index in [4.69, 9.17) is 27.7 Å². The summed E-state index contributed by atoms with van der Waals surface area (Å²) in [5, 5.41) is 15.6. The van der Waals surface area contributed by atoms with Gasteiger partial charge in [-0.15, -0.1) is 0 Å². The van der Waals surface area contributed by atoms with Crippen molar-refractivity contribution in [2.75, 3.05) is 10.6 Å². The summed E-state index contributed by atoms with van der Waals surface area (Å²) in [5.74, 6) is 0.799. The van der Waals surface area contributed by atoms with Gasteiger partial charge in [-0.3, -0.25) is 4.79 Å². The molecule has 0 saturated carbocycles. The van der Waals surface area contributed by atoms with Crippen molar-refractivity contribution in [3.05, 3.63) is 51.2 Å². The zero-order valence-electron chi connectivity index (χ0n) is 14.4. The fraction of sp³-hybridized carbons (Fsp3) is 0.294. The molecular weight excluding hydrogens is 395 g/mol. The van der Waals surface area contributed by atoms with Crippen LogP contribution in [-0.4, -0.2) is 16.6 Å². The lowest BCUT2D eigenvalue weighted by Gasteiger charge is -2.16. The first-order chi connectivity index (χ1) is 12.2. The van der Waals surface area contributed by atoms with Gasteiger partial charge in [-0.1, -0.05) is 60.9 Å². The molecule has 1 aliphatic heterocycles. The third-order valence-corrected chi connectivity index (χ3v) is 5.18. The largest absolute Gasteiger partial charge is 0.359 e. The fourth-order valence-corrected chi connectivity index (χ4v) is 3.29. The molecule has 9 heteroatoms. The molecule has 0 aliphatic carbocycles. The lowest BCUT2D eigenvalue weighted by atomic mass is 9.93. The lowest BCUT2D eigenvalue weighted by Crippen LogP contribution is -2.33. The van der Waals surface area contributed by atoms with Gasteiger partial charge in [0, 0.05) is 22.6 Å². The maximum atomic E-state index is 12.4. The van der Waals surface area contributed by atoms with Gasteiger partial charge in [0.05, 0.1) is 10.0 Å². The molecule has 0 saturated heterocycles. The number of carbonyl (C=O) groups excluding carboxylic acids is 1. The van der Waals surface area contributed by atoms with Gasteiger partial charge in [0.15, 0.2) is 5.82 Å². The zero-order valence-corrected chi connectivity index (χ0v) is 16.7. The Morgan fingerprint density at radius 3 is 2.69 bits per heavy atom. The van der Waals surface area contributed by atoms with Crippen LogP contribution in [0.4, 0.5) is 11.5 Å². The fourth-order valence-electron chi connectivity index (χ4n) is 2.14. The molecule has 0 bridgehead atoms. The summed E-state index contributed by atoms with van der Waals surface area (Å²) in [6.45, 7) is 6.03. The van der Waals surface area contributed by atoms with Gasteiger partial charge in [-0.05, 0) is 18.2 Å². The predicted molar refractivity (Wildman–Crippen MR) is 107 cm³/mol. The molecule has 0 spiro atoms. The first-order valence-corrected chi connectivity index (χ1v) is 9.54. The maximum absolute atomic E-state index is 12.4. The van der Waals surface area contributed by atoms with Gasteiger partial charge in [0.25, 0.3) is 5.91 Å². The van der Waals surface area contributed by atoms with Gasteiger partial charge in [-0.25, -0.2) is 0 Å². The van der Waals surface area contributed by atoms with Crippen molar-refractivity contribution in [3.8, 4) is 0 Å². The molecule has 1 amide bonds. The van der Waals surface area contributed by atoms with E-state index >= 15 is 0 Å². The number of hydrogen-bond acceptors (Lipinski definition) is 6. The van der Waals surface area contributed by atoms with Crippen molar-refractivity contribution < 1.29 is 9.32 Å². The minimum absolute atomic E-state index is 0.175. The van der Waals surface area contributed by atoms with E-state index in [0.717, 1.165) is 5.69 Å². The monoisotopic (exact) mass is 412 g/mol. The molecule has 3 rings (SSSR count). The van der Waals surface area contributed by atoms with E-state index in [1.807, 2.05) is 26.8 Å². The second-order valence-corrected chi connectivity index (χ2v) is 8.54. The molecule has 0 fully saturated rings. The third-order valence-electron chi connectivity index (χ3n) is 3.56. The second-order valence-electron chi connectivity index (χ2n) is 6.75. The zero-order chi connectivity index (χ0) is 18.9. The molecule has 3 N–H and O–H groups in total. The Balaban J connectivity index is 1.57. The molecule has 1 aromatic heterocycles. The van der Waals surface area contributed by atoms with E-state index in [2.05, 4.69) is 21.1 Å². The molecule has 1 aliphatic rings. The van der Waals surface area contributed by atoms with Crippen LogP contribution in [0.15, 0.2) is 39.9 Å². The van der Waals surface area contributed by atoms with E-state index in [1.54, 1.807) is 23.6 Å². The first-order valence-electron chi connectivity index (χ1n) is 7.85. The maximum Gasteiger partial charge on any atom is 0.273 e. The molecule has 6 nitrogen and oxygen atoms in total. The molecular formula is C17H18Cl2N4O2S. The van der Waals surface area contributed by atoms with Crippen LogP contribution in [0.3, 0.4) is 0 Å². The summed E-state index contributed by atoms with van der Waals surface area (Å²) in [4.78, 5) is 12.4. The highest BCUT2D eigenvalue weighted by Gasteiger charge is 2.24. The third kappa shape index (κ3) is 4.47. The number of nitrogens with zero attached hydrogens (tertiary/aromatic N) is 1. The van der Waals surface area contributed by atoms with Crippen LogP contribution in [0.25, 0.3) is 0 Å². The molecule has 1 aromatic carbocycles. The Hall–Kier alpha value is -1.83. The lowest BCUT2D eigenvalue weighted by molar-refractivity contribution is -0.113. The highest BCUT2D eigenvalue weighted by Crippen LogP contribution is 2.29. The second kappa shape index (κ2) is 7.42. The van der Waals surface area contributed by atoms with Crippen molar-refractivity contribution in [1.29, 1.82) is 0 Å². The van der Waals surface area contributed by atoms with Crippen LogP contribution in [0.2, 0.25) is 10.0 Å². The number of halogens is 2. The number of rotatable bonds is 4. The molecule has 1 unspecified atom stereocenters. The average Bonchev–Trinajstić information content (AvgIpc) is 3.20. The SMILES string of the molecule is CC(C)(C)c1cc(NC(=O)C2=CSC(Nc3ccc(Cl)c(Cl)c3)N2)no1. The van der Waals surface area contributed by atoms with Gasteiger partial charge in [0.1, 0.15) is 17.0 Å². The molecule has 26 heavy (non-hydrogen) atoms. The number of hydrogen-bond donors (Lipinski definition) is 3. The van der Waals surface area contributed by atoms with Crippen molar-refractivity contribution in [3.63, 3.8) is 0 Å². The van der Waals surface area contributed by atoms with Crippen LogP contribution in [-0.2, 0) is 10.2 Å². The van der Waals surface area contributed by atoms with E-state index in [1.165, 1.54) is 11.8 Å². The Morgan fingerprint density at radius 2 is 2.04 bits per heavy atom. The smallest absolute Gasteiger partial charge is 0.273 e. The normalized spacial score (nSPS) is 16.8. The number of carbonyl (C=O) groups is 1. The van der Waals surface area contributed by atoms with Gasteiger partial charge >= 0.3 is 0 Å². The van der Waals surface area contributed by atoms with Crippen LogP contribution in [0, 0.1) is 0 Å². The van der Waals surface area contributed by atoms with Crippen LogP contribution in [0.1, 0.15) is 26.5 Å². The summed E-state index contributed by atoms with van der Waals surface area (Å²) < 4.78 is 5.27. The molecule has 2 heterocycles. The quantitative estimate of drug-likeness (QED) is 0.669.